The molecule has 7 heteroatoms. The second kappa shape index (κ2) is 7.31. The van der Waals surface area contributed by atoms with Gasteiger partial charge in [-0.3, -0.25) is 9.59 Å². The molecule has 4 amide bonds. The van der Waals surface area contributed by atoms with Crippen LogP contribution in [0, 0.1) is 0 Å². The van der Waals surface area contributed by atoms with Gasteiger partial charge in [0.25, 0.3) is 5.91 Å². The largest absolute Gasteiger partial charge is 0.329 e. The Labute approximate surface area is 149 Å². The molecule has 2 N–H and O–H groups in total. The minimum Gasteiger partial charge on any atom is -0.324 e. The van der Waals surface area contributed by atoms with Gasteiger partial charge in [-0.25, -0.2) is 9.69 Å². The third-order valence-electron chi connectivity index (χ3n) is 3.79. The zero-order valence-corrected chi connectivity index (χ0v) is 14.4. The van der Waals surface area contributed by atoms with Crippen LogP contribution in [0.1, 0.15) is 18.1 Å². The fourth-order valence-corrected chi connectivity index (χ4v) is 3.14. The highest BCUT2D eigenvalue weighted by atomic mass is 32.1. The van der Waals surface area contributed by atoms with Gasteiger partial charge < -0.3 is 10.6 Å². The van der Waals surface area contributed by atoms with E-state index in [1.54, 1.807) is 12.1 Å². The number of anilines is 1. The molecule has 0 saturated carbocycles. The molecule has 6 nitrogen and oxygen atoms in total. The number of nitrogens with zero attached hydrogens (tertiary/aromatic N) is 1. The molecule has 2 aromatic rings. The number of urea groups is 1. The minimum atomic E-state index is -0.592. The number of hydrogen-bond acceptors (Lipinski definition) is 4. The number of carbonyl (C=O) groups is 3. The van der Waals surface area contributed by atoms with E-state index in [4.69, 9.17) is 0 Å². The van der Waals surface area contributed by atoms with Gasteiger partial charge in [0.05, 0.1) is 0 Å². The van der Waals surface area contributed by atoms with Gasteiger partial charge in [-0.2, -0.15) is 11.3 Å². The summed E-state index contributed by atoms with van der Waals surface area (Å²) in [4.78, 5) is 37.5. The molecular weight excluding hydrogens is 338 g/mol. The highest BCUT2D eigenvalue weighted by Gasteiger charge is 2.34. The van der Waals surface area contributed by atoms with Crippen molar-refractivity contribution < 1.29 is 14.4 Å². The number of thiophene rings is 1. The molecule has 1 aliphatic heterocycles. The van der Waals surface area contributed by atoms with Gasteiger partial charge in [0.2, 0.25) is 5.91 Å². The lowest BCUT2D eigenvalue weighted by Gasteiger charge is -2.13. The summed E-state index contributed by atoms with van der Waals surface area (Å²) in [7, 11) is 0. The van der Waals surface area contributed by atoms with E-state index in [2.05, 4.69) is 10.6 Å². The summed E-state index contributed by atoms with van der Waals surface area (Å²) in [5.41, 5.74) is 2.68. The average molecular weight is 355 g/mol. The smallest absolute Gasteiger partial charge is 0.324 e. The van der Waals surface area contributed by atoms with Crippen LogP contribution < -0.4 is 10.6 Å². The van der Waals surface area contributed by atoms with Crippen LogP contribution in [-0.4, -0.2) is 29.3 Å². The summed E-state index contributed by atoms with van der Waals surface area (Å²) in [6.45, 7) is 1.66. The summed E-state index contributed by atoms with van der Waals surface area (Å²) in [5, 5.41) is 9.01. The Bertz CT molecular complexity index is 843. The third-order valence-corrected chi connectivity index (χ3v) is 4.49. The van der Waals surface area contributed by atoms with Crippen molar-refractivity contribution in [3.63, 3.8) is 0 Å². The minimum absolute atomic E-state index is 0.171. The second-order valence-corrected chi connectivity index (χ2v) is 6.28. The van der Waals surface area contributed by atoms with Crippen molar-refractivity contribution in [1.82, 2.24) is 10.2 Å². The molecular formula is C18H17N3O3S. The van der Waals surface area contributed by atoms with Crippen molar-refractivity contribution in [3.05, 3.63) is 57.9 Å². The number of para-hydroxylation sites is 1. The average Bonchev–Trinajstić information content (AvgIpc) is 3.20. The maximum Gasteiger partial charge on any atom is 0.329 e. The molecule has 1 aromatic carbocycles. The van der Waals surface area contributed by atoms with Gasteiger partial charge in [0, 0.05) is 5.69 Å². The number of hydrogen-bond donors (Lipinski definition) is 2. The third kappa shape index (κ3) is 3.77. The maximum absolute atomic E-state index is 12.4. The van der Waals surface area contributed by atoms with Gasteiger partial charge in [-0.1, -0.05) is 25.1 Å². The first kappa shape index (κ1) is 16.9. The Balaban J connectivity index is 1.69. The number of aryl methyl sites for hydroxylation is 1. The normalized spacial score (nSPS) is 15.6. The molecule has 0 spiro atoms. The van der Waals surface area contributed by atoms with E-state index in [1.165, 1.54) is 11.3 Å². The van der Waals surface area contributed by atoms with Gasteiger partial charge in [-0.05, 0) is 46.5 Å². The molecule has 1 aliphatic rings. The number of nitrogens with one attached hydrogen (secondary N) is 2. The number of benzene rings is 1. The molecule has 3 rings (SSSR count). The lowest BCUT2D eigenvalue weighted by molar-refractivity contribution is -0.127. The van der Waals surface area contributed by atoms with Gasteiger partial charge in [0.15, 0.2) is 0 Å². The van der Waals surface area contributed by atoms with Crippen molar-refractivity contribution in [3.8, 4) is 0 Å². The standard InChI is InChI=1S/C18H17N3O3S/c1-2-13-5-3-4-6-14(13)19-16(22)10-21-17(23)15(20-18(21)24)9-12-7-8-25-11-12/h3-9,11H,2,10H2,1H3,(H,19,22)(H,20,24)/b15-9+. The summed E-state index contributed by atoms with van der Waals surface area (Å²) in [6, 6.07) is 8.69. The van der Waals surface area contributed by atoms with E-state index < -0.39 is 17.8 Å². The van der Waals surface area contributed by atoms with E-state index in [0.717, 1.165) is 22.4 Å². The summed E-state index contributed by atoms with van der Waals surface area (Å²) in [6.07, 6.45) is 2.37. The summed E-state index contributed by atoms with van der Waals surface area (Å²) >= 11 is 1.49. The van der Waals surface area contributed by atoms with Gasteiger partial charge in [-0.15, -0.1) is 0 Å². The van der Waals surface area contributed by atoms with Crippen LogP contribution in [0.15, 0.2) is 46.8 Å². The van der Waals surface area contributed by atoms with E-state index in [0.29, 0.717) is 5.69 Å². The molecule has 1 aromatic heterocycles. The van der Waals surface area contributed by atoms with Crippen LogP contribution in [0.4, 0.5) is 10.5 Å². The number of carbonyl (C=O) groups excluding carboxylic acids is 3. The number of rotatable bonds is 5. The molecule has 128 valence electrons. The molecule has 0 atom stereocenters. The maximum atomic E-state index is 12.4. The number of imide groups is 1. The SMILES string of the molecule is CCc1ccccc1NC(=O)CN1C(=O)N/C(=C/c2ccsc2)C1=O. The van der Waals surface area contributed by atoms with Crippen molar-refractivity contribution in [2.45, 2.75) is 13.3 Å². The van der Waals surface area contributed by atoms with Gasteiger partial charge >= 0.3 is 6.03 Å². The number of amides is 4. The fraction of sp³-hybridized carbons (Fsp3) is 0.167. The molecule has 2 heterocycles. The van der Waals surface area contributed by atoms with Crippen molar-refractivity contribution in [2.24, 2.45) is 0 Å². The first-order valence-electron chi connectivity index (χ1n) is 7.83. The Morgan fingerprint density at radius 3 is 2.80 bits per heavy atom. The van der Waals surface area contributed by atoms with E-state index in [9.17, 15) is 14.4 Å². The molecule has 1 fully saturated rings. The quantitative estimate of drug-likeness (QED) is 0.639. The van der Waals surface area contributed by atoms with Crippen LogP contribution in [-0.2, 0) is 16.0 Å². The van der Waals surface area contributed by atoms with Crippen LogP contribution >= 0.6 is 11.3 Å². The molecule has 1 saturated heterocycles. The summed E-state index contributed by atoms with van der Waals surface area (Å²) in [5.74, 6) is -0.920. The highest BCUT2D eigenvalue weighted by Crippen LogP contribution is 2.18. The highest BCUT2D eigenvalue weighted by molar-refractivity contribution is 7.08. The lowest BCUT2D eigenvalue weighted by atomic mass is 10.1. The monoisotopic (exact) mass is 355 g/mol. The zero-order chi connectivity index (χ0) is 17.8. The van der Waals surface area contributed by atoms with E-state index in [1.807, 2.05) is 41.9 Å². The molecule has 0 aliphatic carbocycles. The van der Waals surface area contributed by atoms with E-state index >= 15 is 0 Å². The Kier molecular flexibility index (Phi) is 4.95. The van der Waals surface area contributed by atoms with Crippen LogP contribution in [0.2, 0.25) is 0 Å². The zero-order valence-electron chi connectivity index (χ0n) is 13.6. The Hall–Kier alpha value is -2.93. The topological polar surface area (TPSA) is 78.5 Å². The van der Waals surface area contributed by atoms with Crippen molar-refractivity contribution >= 4 is 40.9 Å². The van der Waals surface area contributed by atoms with E-state index in [-0.39, 0.29) is 12.2 Å². The van der Waals surface area contributed by atoms with Crippen LogP contribution in [0.3, 0.4) is 0 Å². The first-order chi connectivity index (χ1) is 12.1. The molecule has 25 heavy (non-hydrogen) atoms. The fourth-order valence-electron chi connectivity index (χ4n) is 2.52. The molecule has 0 unspecified atom stereocenters. The lowest BCUT2D eigenvalue weighted by Crippen LogP contribution is -2.38. The Morgan fingerprint density at radius 2 is 2.08 bits per heavy atom. The predicted molar refractivity (Wildman–Crippen MR) is 97.0 cm³/mol. The molecule has 0 radical (unpaired) electrons. The van der Waals surface area contributed by atoms with Crippen LogP contribution in [0.25, 0.3) is 6.08 Å². The van der Waals surface area contributed by atoms with Crippen LogP contribution in [0.5, 0.6) is 0 Å². The second-order valence-electron chi connectivity index (χ2n) is 5.50. The van der Waals surface area contributed by atoms with Crippen molar-refractivity contribution in [2.75, 3.05) is 11.9 Å². The Morgan fingerprint density at radius 1 is 1.28 bits per heavy atom. The van der Waals surface area contributed by atoms with Crippen molar-refractivity contribution in [1.29, 1.82) is 0 Å². The first-order valence-corrected chi connectivity index (χ1v) is 8.77. The van der Waals surface area contributed by atoms with Gasteiger partial charge in [0.1, 0.15) is 12.2 Å². The summed E-state index contributed by atoms with van der Waals surface area (Å²) < 4.78 is 0. The molecule has 0 bridgehead atoms. The predicted octanol–water partition coefficient (Wildman–Crippen LogP) is 2.84.